The molecular weight excluding hydrogens is 290 g/mol. The summed E-state index contributed by atoms with van der Waals surface area (Å²) in [5, 5.41) is 0. The minimum absolute atomic E-state index is 0.341. The molecule has 21 heavy (non-hydrogen) atoms. The van der Waals surface area contributed by atoms with Gasteiger partial charge >= 0.3 is 11.9 Å². The van der Waals surface area contributed by atoms with Crippen molar-refractivity contribution in [1.29, 1.82) is 0 Å². The lowest BCUT2D eigenvalue weighted by molar-refractivity contribution is -0.144. The fraction of sp³-hybridized carbons (Fsp3) is 0.467. The van der Waals surface area contributed by atoms with Crippen molar-refractivity contribution in [3.63, 3.8) is 0 Å². The van der Waals surface area contributed by atoms with Gasteiger partial charge in [0.05, 0.1) is 19.3 Å². The molecule has 0 saturated heterocycles. The summed E-state index contributed by atoms with van der Waals surface area (Å²) in [6.07, 6.45) is 0.570. The van der Waals surface area contributed by atoms with Crippen molar-refractivity contribution in [3.05, 3.63) is 35.4 Å². The van der Waals surface area contributed by atoms with Gasteiger partial charge in [-0.15, -0.1) is 0 Å². The van der Waals surface area contributed by atoms with Crippen LogP contribution in [-0.2, 0) is 20.0 Å². The van der Waals surface area contributed by atoms with E-state index in [4.69, 9.17) is 10.5 Å². The summed E-state index contributed by atoms with van der Waals surface area (Å²) in [7, 11) is 1.36. The van der Waals surface area contributed by atoms with E-state index >= 15 is 0 Å². The predicted octanol–water partition coefficient (Wildman–Crippen LogP) is 1.99. The van der Waals surface area contributed by atoms with E-state index in [1.807, 2.05) is 18.2 Å². The number of methoxy groups -OCH3 is 1. The summed E-state index contributed by atoms with van der Waals surface area (Å²) >= 11 is 1.66. The molecular formula is C15H21NO4S. The molecule has 0 amide bonds. The molecule has 1 aromatic carbocycles. The number of thioether (sulfide) groups is 1. The number of ether oxygens (including phenoxy) is 2. The largest absolute Gasteiger partial charge is 0.465 e. The Morgan fingerprint density at radius 2 is 2.14 bits per heavy atom. The quantitative estimate of drug-likeness (QED) is 0.584. The average molecular weight is 311 g/mol. The molecule has 5 nitrogen and oxygen atoms in total. The molecule has 2 N–H and O–H groups in total. The highest BCUT2D eigenvalue weighted by Gasteiger charge is 2.13. The van der Waals surface area contributed by atoms with Crippen LogP contribution in [-0.4, -0.2) is 37.4 Å². The number of carbonyl (C=O) groups excluding carboxylic acids is 2. The molecule has 0 saturated carbocycles. The first kappa shape index (κ1) is 17.5. The Kier molecular flexibility index (Phi) is 7.85. The third-order valence-corrected chi connectivity index (χ3v) is 3.84. The summed E-state index contributed by atoms with van der Waals surface area (Å²) in [6, 6.07) is 6.73. The van der Waals surface area contributed by atoms with Gasteiger partial charge in [-0.25, -0.2) is 4.79 Å². The van der Waals surface area contributed by atoms with Crippen LogP contribution in [0.5, 0.6) is 0 Å². The van der Waals surface area contributed by atoms with Gasteiger partial charge in [-0.3, -0.25) is 4.79 Å². The third kappa shape index (κ3) is 6.18. The van der Waals surface area contributed by atoms with Crippen LogP contribution in [0.25, 0.3) is 0 Å². The van der Waals surface area contributed by atoms with Crippen LogP contribution >= 0.6 is 11.8 Å². The van der Waals surface area contributed by atoms with E-state index in [0.717, 1.165) is 17.1 Å². The lowest BCUT2D eigenvalue weighted by atomic mass is 10.1. The number of rotatable bonds is 8. The average Bonchev–Trinajstić information content (AvgIpc) is 2.51. The van der Waals surface area contributed by atoms with Crippen LogP contribution in [0, 0.1) is 0 Å². The van der Waals surface area contributed by atoms with Gasteiger partial charge < -0.3 is 15.2 Å². The van der Waals surface area contributed by atoms with Crippen molar-refractivity contribution in [2.24, 2.45) is 5.73 Å². The molecule has 0 spiro atoms. The van der Waals surface area contributed by atoms with Gasteiger partial charge in [0.15, 0.2) is 0 Å². The first-order valence-corrected chi connectivity index (χ1v) is 7.91. The van der Waals surface area contributed by atoms with E-state index in [-0.39, 0.29) is 11.9 Å². The summed E-state index contributed by atoms with van der Waals surface area (Å²) in [5.41, 5.74) is 7.29. The Morgan fingerprint density at radius 1 is 1.38 bits per heavy atom. The van der Waals surface area contributed by atoms with Crippen molar-refractivity contribution in [2.75, 3.05) is 19.5 Å². The Balaban J connectivity index is 2.36. The standard InChI is InChI=1S/C15H21NO4S/c1-3-20-15(18)13(16)7-8-21-10-11-5-4-6-12(9-11)14(17)19-2/h4-6,9,13H,3,7-8,10,16H2,1-2H3. The smallest absolute Gasteiger partial charge is 0.337 e. The molecule has 0 bridgehead atoms. The molecule has 6 heteroatoms. The lowest BCUT2D eigenvalue weighted by Crippen LogP contribution is -2.32. The third-order valence-electron chi connectivity index (χ3n) is 2.78. The minimum atomic E-state index is -0.571. The molecule has 1 atom stereocenters. The van der Waals surface area contributed by atoms with E-state index in [1.165, 1.54) is 7.11 Å². The second-order valence-electron chi connectivity index (χ2n) is 4.39. The summed E-state index contributed by atoms with van der Waals surface area (Å²) < 4.78 is 9.53. The zero-order chi connectivity index (χ0) is 15.7. The molecule has 0 fully saturated rings. The normalized spacial score (nSPS) is 11.8. The van der Waals surface area contributed by atoms with Crippen LogP contribution in [0.4, 0.5) is 0 Å². The Labute approximate surface area is 129 Å². The van der Waals surface area contributed by atoms with Crippen molar-refractivity contribution in [3.8, 4) is 0 Å². The van der Waals surface area contributed by atoms with Gasteiger partial charge in [-0.05, 0) is 36.8 Å². The van der Waals surface area contributed by atoms with Crippen molar-refractivity contribution in [1.82, 2.24) is 0 Å². The van der Waals surface area contributed by atoms with Crippen LogP contribution in [0.2, 0.25) is 0 Å². The predicted molar refractivity (Wildman–Crippen MR) is 83.2 cm³/mol. The zero-order valence-electron chi connectivity index (χ0n) is 12.3. The number of nitrogens with two attached hydrogens (primary N) is 1. The Morgan fingerprint density at radius 3 is 2.81 bits per heavy atom. The number of carbonyl (C=O) groups is 2. The fourth-order valence-corrected chi connectivity index (χ4v) is 2.65. The summed E-state index contributed by atoms with van der Waals surface area (Å²) in [4.78, 5) is 22.8. The molecule has 1 rings (SSSR count). The van der Waals surface area contributed by atoms with Crippen molar-refractivity contribution < 1.29 is 19.1 Å². The number of hydrogen-bond acceptors (Lipinski definition) is 6. The Hall–Kier alpha value is -1.53. The SMILES string of the molecule is CCOC(=O)C(N)CCSCc1cccc(C(=O)OC)c1. The van der Waals surface area contributed by atoms with E-state index < -0.39 is 6.04 Å². The van der Waals surface area contributed by atoms with Gasteiger partial charge in [0.25, 0.3) is 0 Å². The Bertz CT molecular complexity index is 478. The monoisotopic (exact) mass is 311 g/mol. The highest BCUT2D eigenvalue weighted by atomic mass is 32.2. The lowest BCUT2D eigenvalue weighted by Gasteiger charge is -2.10. The first-order chi connectivity index (χ1) is 10.1. The minimum Gasteiger partial charge on any atom is -0.465 e. The molecule has 1 unspecified atom stereocenters. The fourth-order valence-electron chi connectivity index (χ4n) is 1.67. The molecule has 0 radical (unpaired) electrons. The van der Waals surface area contributed by atoms with E-state index in [1.54, 1.807) is 24.8 Å². The van der Waals surface area contributed by atoms with Gasteiger partial charge in [0.1, 0.15) is 6.04 Å². The zero-order valence-corrected chi connectivity index (χ0v) is 13.2. The van der Waals surface area contributed by atoms with Gasteiger partial charge in [-0.1, -0.05) is 12.1 Å². The van der Waals surface area contributed by atoms with Gasteiger partial charge in [0.2, 0.25) is 0 Å². The molecule has 0 aliphatic carbocycles. The second kappa shape index (κ2) is 9.41. The maximum atomic E-state index is 11.4. The molecule has 0 aliphatic rings. The maximum Gasteiger partial charge on any atom is 0.337 e. The van der Waals surface area contributed by atoms with Crippen LogP contribution < -0.4 is 5.73 Å². The van der Waals surface area contributed by atoms with E-state index in [9.17, 15) is 9.59 Å². The van der Waals surface area contributed by atoms with Gasteiger partial charge in [-0.2, -0.15) is 11.8 Å². The van der Waals surface area contributed by atoms with Crippen LogP contribution in [0.15, 0.2) is 24.3 Å². The molecule has 0 aromatic heterocycles. The molecule has 116 valence electrons. The summed E-state index contributed by atoms with van der Waals surface area (Å²) in [5.74, 6) is 0.806. The highest BCUT2D eigenvalue weighted by molar-refractivity contribution is 7.98. The van der Waals surface area contributed by atoms with Crippen LogP contribution in [0.1, 0.15) is 29.3 Å². The van der Waals surface area contributed by atoms with E-state index in [2.05, 4.69) is 4.74 Å². The number of esters is 2. The van der Waals surface area contributed by atoms with Crippen LogP contribution in [0.3, 0.4) is 0 Å². The molecule has 0 heterocycles. The first-order valence-electron chi connectivity index (χ1n) is 6.75. The maximum absolute atomic E-state index is 11.4. The number of hydrogen-bond donors (Lipinski definition) is 1. The highest BCUT2D eigenvalue weighted by Crippen LogP contribution is 2.15. The summed E-state index contributed by atoms with van der Waals surface area (Å²) in [6.45, 7) is 2.10. The van der Waals surface area contributed by atoms with Crippen molar-refractivity contribution in [2.45, 2.75) is 25.1 Å². The van der Waals surface area contributed by atoms with E-state index in [0.29, 0.717) is 18.6 Å². The number of benzene rings is 1. The van der Waals surface area contributed by atoms with Crippen molar-refractivity contribution >= 4 is 23.7 Å². The second-order valence-corrected chi connectivity index (χ2v) is 5.50. The molecule has 1 aromatic rings. The topological polar surface area (TPSA) is 78.6 Å². The van der Waals surface area contributed by atoms with Gasteiger partial charge in [0, 0.05) is 5.75 Å². The molecule has 0 aliphatic heterocycles.